The number of ether oxygens (including phenoxy) is 1. The summed E-state index contributed by atoms with van der Waals surface area (Å²) in [6.07, 6.45) is 1.32. The Labute approximate surface area is 209 Å². The number of amides is 1. The normalized spacial score (nSPS) is 15.5. The van der Waals surface area contributed by atoms with Gasteiger partial charge in [0.05, 0.1) is 17.2 Å². The Bertz CT molecular complexity index is 1210. The molecule has 9 heteroatoms. The zero-order chi connectivity index (χ0) is 23.5. The first-order valence-corrected chi connectivity index (χ1v) is 11.9. The van der Waals surface area contributed by atoms with Gasteiger partial charge in [0.15, 0.2) is 0 Å². The molecular weight excluding hydrogens is 532 g/mol. The third-order valence-corrected chi connectivity index (χ3v) is 7.20. The van der Waals surface area contributed by atoms with E-state index in [0.717, 1.165) is 16.5 Å². The Hall–Kier alpha value is -2.19. The summed E-state index contributed by atoms with van der Waals surface area (Å²) < 4.78 is 21.4. The van der Waals surface area contributed by atoms with Crippen LogP contribution in [0.4, 0.5) is 4.39 Å². The minimum Gasteiger partial charge on any atom is -0.481 e. The van der Waals surface area contributed by atoms with Crippen molar-refractivity contribution in [3.63, 3.8) is 0 Å². The number of nitrogens with zero attached hydrogens (tertiary/aromatic N) is 1. The van der Waals surface area contributed by atoms with Gasteiger partial charge in [-0.05, 0) is 34.5 Å². The van der Waals surface area contributed by atoms with Gasteiger partial charge in [-0.1, -0.05) is 53.5 Å². The van der Waals surface area contributed by atoms with Crippen molar-refractivity contribution < 1.29 is 13.9 Å². The van der Waals surface area contributed by atoms with Gasteiger partial charge in [0.25, 0.3) is 0 Å². The molecule has 172 valence electrons. The predicted molar refractivity (Wildman–Crippen MR) is 132 cm³/mol. The van der Waals surface area contributed by atoms with Crippen molar-refractivity contribution in [1.29, 1.82) is 0 Å². The minimum atomic E-state index is -0.513. The number of carbonyl (C=O) groups is 1. The Morgan fingerprint density at radius 3 is 2.58 bits per heavy atom. The third kappa shape index (κ3) is 5.17. The lowest BCUT2D eigenvalue weighted by atomic mass is 10.0. The van der Waals surface area contributed by atoms with E-state index in [1.54, 1.807) is 12.1 Å². The zero-order valence-electron chi connectivity index (χ0n) is 17.7. The molecule has 0 aliphatic carbocycles. The number of hydrogen-bond donors (Lipinski definition) is 2. The molecule has 33 heavy (non-hydrogen) atoms. The average Bonchev–Trinajstić information content (AvgIpc) is 3.21. The van der Waals surface area contributed by atoms with E-state index >= 15 is 4.39 Å². The van der Waals surface area contributed by atoms with E-state index < -0.39 is 5.82 Å². The van der Waals surface area contributed by atoms with E-state index in [0.29, 0.717) is 52.1 Å². The van der Waals surface area contributed by atoms with Crippen LogP contribution in [0.2, 0.25) is 10.0 Å². The van der Waals surface area contributed by atoms with Crippen LogP contribution >= 0.6 is 39.1 Å². The SMILES string of the molecule is COc1nc(-c2cccc(-c3cccc(Br)c3Cl)c2Cl)c(F)cc1CNC[C@@H]1CCC(=O)N1. The second-order valence-corrected chi connectivity index (χ2v) is 9.30. The van der Waals surface area contributed by atoms with Crippen LogP contribution in [0.5, 0.6) is 5.88 Å². The van der Waals surface area contributed by atoms with Crippen molar-refractivity contribution in [2.45, 2.75) is 25.4 Å². The summed E-state index contributed by atoms with van der Waals surface area (Å²) in [5.74, 6) is -0.155. The number of benzene rings is 2. The van der Waals surface area contributed by atoms with Crippen LogP contribution in [0, 0.1) is 5.82 Å². The van der Waals surface area contributed by atoms with Crippen LogP contribution in [0.3, 0.4) is 0 Å². The molecule has 2 N–H and O–H groups in total. The molecule has 0 bridgehead atoms. The van der Waals surface area contributed by atoms with Crippen LogP contribution in [0.15, 0.2) is 46.9 Å². The molecule has 2 aromatic carbocycles. The van der Waals surface area contributed by atoms with Crippen molar-refractivity contribution in [3.05, 3.63) is 68.4 Å². The molecule has 0 saturated carbocycles. The Kier molecular flexibility index (Phi) is 7.54. The molecule has 1 aliphatic rings. The van der Waals surface area contributed by atoms with E-state index in [2.05, 4.69) is 31.5 Å². The van der Waals surface area contributed by atoms with Gasteiger partial charge in [0.1, 0.15) is 11.5 Å². The maximum absolute atomic E-state index is 15.2. The highest BCUT2D eigenvalue weighted by Gasteiger charge is 2.22. The van der Waals surface area contributed by atoms with Gasteiger partial charge in [0, 0.05) is 52.3 Å². The third-order valence-electron chi connectivity index (χ3n) is 5.50. The summed E-state index contributed by atoms with van der Waals surface area (Å²) >= 11 is 16.6. The highest BCUT2D eigenvalue weighted by Crippen LogP contribution is 2.41. The molecule has 3 aromatic rings. The molecule has 1 fully saturated rings. The summed E-state index contributed by atoms with van der Waals surface area (Å²) in [4.78, 5) is 15.8. The first-order chi connectivity index (χ1) is 15.9. The van der Waals surface area contributed by atoms with Crippen LogP contribution in [0.25, 0.3) is 22.4 Å². The van der Waals surface area contributed by atoms with Crippen molar-refractivity contribution in [2.75, 3.05) is 13.7 Å². The van der Waals surface area contributed by atoms with E-state index in [4.69, 9.17) is 27.9 Å². The van der Waals surface area contributed by atoms with E-state index in [9.17, 15) is 4.79 Å². The van der Waals surface area contributed by atoms with E-state index in [1.165, 1.54) is 13.2 Å². The first-order valence-electron chi connectivity index (χ1n) is 10.4. The highest BCUT2D eigenvalue weighted by atomic mass is 79.9. The molecule has 0 radical (unpaired) electrons. The van der Waals surface area contributed by atoms with Gasteiger partial charge in [0.2, 0.25) is 11.8 Å². The van der Waals surface area contributed by atoms with Crippen molar-refractivity contribution in [3.8, 4) is 28.3 Å². The summed E-state index contributed by atoms with van der Waals surface area (Å²) in [6.45, 7) is 0.931. The first kappa shape index (κ1) is 24.0. The maximum Gasteiger partial charge on any atom is 0.220 e. The fourth-order valence-corrected chi connectivity index (χ4v) is 4.76. The number of nitrogens with one attached hydrogen (secondary N) is 2. The van der Waals surface area contributed by atoms with Gasteiger partial charge in [-0.3, -0.25) is 4.79 Å². The molecule has 1 aliphatic heterocycles. The van der Waals surface area contributed by atoms with Crippen molar-refractivity contribution in [2.24, 2.45) is 0 Å². The van der Waals surface area contributed by atoms with E-state index in [1.807, 2.05) is 24.3 Å². The molecule has 1 aromatic heterocycles. The van der Waals surface area contributed by atoms with Gasteiger partial charge in [-0.15, -0.1) is 0 Å². The molecule has 5 nitrogen and oxygen atoms in total. The van der Waals surface area contributed by atoms with Gasteiger partial charge in [-0.2, -0.15) is 0 Å². The quantitative estimate of drug-likeness (QED) is 0.377. The summed E-state index contributed by atoms with van der Waals surface area (Å²) in [6, 6.07) is 12.3. The fourth-order valence-electron chi connectivity index (χ4n) is 3.85. The van der Waals surface area contributed by atoms with Gasteiger partial charge < -0.3 is 15.4 Å². The van der Waals surface area contributed by atoms with E-state index in [-0.39, 0.29) is 17.6 Å². The number of aromatic nitrogens is 1. The number of hydrogen-bond acceptors (Lipinski definition) is 4. The molecule has 0 spiro atoms. The second kappa shape index (κ2) is 10.4. The standard InChI is InChI=1S/C24H21BrCl2FN3O2/c1-33-24-13(11-29-12-14-8-9-20(32)30-14)10-19(28)23(31-24)17-6-2-4-15(21(17)26)16-5-3-7-18(25)22(16)27/h2-7,10,14,29H,8-9,11-12H2,1H3,(H,30,32)/t14-/m0/s1. The summed E-state index contributed by atoms with van der Waals surface area (Å²) in [5, 5.41) is 6.98. The molecule has 4 rings (SSSR count). The largest absolute Gasteiger partial charge is 0.481 e. The molecular formula is C24H21BrCl2FN3O2. The molecule has 2 heterocycles. The fraction of sp³-hybridized carbons (Fsp3) is 0.250. The number of rotatable bonds is 7. The minimum absolute atomic E-state index is 0.0553. The summed E-state index contributed by atoms with van der Waals surface area (Å²) in [5.41, 5.74) is 2.51. The molecule has 1 saturated heterocycles. The van der Waals surface area contributed by atoms with Crippen LogP contribution in [-0.4, -0.2) is 30.6 Å². The smallest absolute Gasteiger partial charge is 0.220 e. The monoisotopic (exact) mass is 551 g/mol. The number of pyridine rings is 1. The lowest BCUT2D eigenvalue weighted by molar-refractivity contribution is -0.119. The van der Waals surface area contributed by atoms with Crippen LogP contribution in [0.1, 0.15) is 18.4 Å². The summed E-state index contributed by atoms with van der Waals surface area (Å²) in [7, 11) is 1.49. The molecule has 0 unspecified atom stereocenters. The molecule has 1 amide bonds. The highest BCUT2D eigenvalue weighted by molar-refractivity contribution is 9.10. The number of carbonyl (C=O) groups excluding carboxylic acids is 1. The zero-order valence-corrected chi connectivity index (χ0v) is 20.8. The Morgan fingerprint density at radius 1 is 1.18 bits per heavy atom. The molecule has 1 atom stereocenters. The number of halogens is 4. The Balaban J connectivity index is 1.63. The van der Waals surface area contributed by atoms with Crippen LogP contribution < -0.4 is 15.4 Å². The second-order valence-electron chi connectivity index (χ2n) is 7.69. The number of methoxy groups -OCH3 is 1. The van der Waals surface area contributed by atoms with Crippen LogP contribution in [-0.2, 0) is 11.3 Å². The van der Waals surface area contributed by atoms with Crippen molar-refractivity contribution in [1.82, 2.24) is 15.6 Å². The van der Waals surface area contributed by atoms with Gasteiger partial charge >= 0.3 is 0 Å². The topological polar surface area (TPSA) is 63.2 Å². The van der Waals surface area contributed by atoms with Gasteiger partial charge in [-0.25, -0.2) is 9.37 Å². The Morgan fingerprint density at radius 2 is 1.88 bits per heavy atom. The average molecular weight is 553 g/mol. The lowest BCUT2D eigenvalue weighted by Crippen LogP contribution is -2.35. The predicted octanol–water partition coefficient (Wildman–Crippen LogP) is 6.00. The maximum atomic E-state index is 15.2. The lowest BCUT2D eigenvalue weighted by Gasteiger charge is -2.16. The van der Waals surface area contributed by atoms with Crippen molar-refractivity contribution >= 4 is 45.0 Å².